The summed E-state index contributed by atoms with van der Waals surface area (Å²) in [6.45, 7) is 2.27. The lowest BCUT2D eigenvalue weighted by atomic mass is 9.76. The average Bonchev–Trinajstić information content (AvgIpc) is 2.41. The molecule has 0 aromatic rings. The second-order valence-electron chi connectivity index (χ2n) is 4.40. The fraction of sp³-hybridized carbons (Fsp3) is 1.00. The van der Waals surface area contributed by atoms with Gasteiger partial charge in [-0.2, -0.15) is 0 Å². The van der Waals surface area contributed by atoms with Gasteiger partial charge in [-0.3, -0.25) is 0 Å². The maximum atomic E-state index is 13.7. The zero-order chi connectivity index (χ0) is 9.53. The Labute approximate surface area is 77.3 Å². The van der Waals surface area contributed by atoms with E-state index in [1.165, 1.54) is 0 Å². The summed E-state index contributed by atoms with van der Waals surface area (Å²) in [6, 6.07) is 0. The zero-order valence-electron chi connectivity index (χ0n) is 7.95. The fourth-order valence-corrected chi connectivity index (χ4v) is 2.49. The molecule has 2 aliphatic heterocycles. The standard InChI is InChI=1S/C9H16F2N2/c1-13-5-3-8(7-13)6-12-4-2-9(8,10)11/h12H,2-7H2,1H3/t8-/m0/s1. The van der Waals surface area contributed by atoms with Gasteiger partial charge in [0.2, 0.25) is 0 Å². The summed E-state index contributed by atoms with van der Waals surface area (Å²) in [5.74, 6) is -2.47. The van der Waals surface area contributed by atoms with Gasteiger partial charge in [0.1, 0.15) is 0 Å². The van der Waals surface area contributed by atoms with Crippen molar-refractivity contribution >= 4 is 0 Å². The molecule has 2 fully saturated rings. The third kappa shape index (κ3) is 1.36. The number of nitrogens with one attached hydrogen (secondary N) is 1. The molecule has 0 aromatic carbocycles. The lowest BCUT2D eigenvalue weighted by Crippen LogP contribution is -2.55. The third-order valence-electron chi connectivity index (χ3n) is 3.40. The number of likely N-dealkylation sites (tertiary alicyclic amines) is 1. The van der Waals surface area contributed by atoms with Crippen LogP contribution in [0.2, 0.25) is 0 Å². The maximum absolute atomic E-state index is 13.7. The molecule has 76 valence electrons. The van der Waals surface area contributed by atoms with E-state index >= 15 is 0 Å². The molecular formula is C9H16F2N2. The Morgan fingerprint density at radius 3 is 2.62 bits per heavy atom. The summed E-state index contributed by atoms with van der Waals surface area (Å²) in [6.07, 6.45) is 0.629. The Morgan fingerprint density at radius 2 is 2.08 bits per heavy atom. The molecule has 2 saturated heterocycles. The van der Waals surface area contributed by atoms with Crippen LogP contribution in [0.4, 0.5) is 8.78 Å². The van der Waals surface area contributed by atoms with Crippen LogP contribution in [-0.2, 0) is 0 Å². The molecule has 2 rings (SSSR count). The van der Waals surface area contributed by atoms with E-state index in [2.05, 4.69) is 5.32 Å². The highest BCUT2D eigenvalue weighted by molar-refractivity contribution is 5.02. The Hall–Kier alpha value is -0.220. The van der Waals surface area contributed by atoms with Crippen LogP contribution in [0.1, 0.15) is 12.8 Å². The highest BCUT2D eigenvalue weighted by Gasteiger charge is 2.56. The van der Waals surface area contributed by atoms with Crippen LogP contribution in [0.15, 0.2) is 0 Å². The number of rotatable bonds is 0. The first-order valence-electron chi connectivity index (χ1n) is 4.83. The summed E-state index contributed by atoms with van der Waals surface area (Å²) in [5, 5.41) is 3.09. The van der Waals surface area contributed by atoms with Crippen LogP contribution in [0.3, 0.4) is 0 Å². The third-order valence-corrected chi connectivity index (χ3v) is 3.40. The van der Waals surface area contributed by atoms with E-state index in [1.807, 2.05) is 11.9 Å². The van der Waals surface area contributed by atoms with E-state index in [0.717, 1.165) is 6.54 Å². The van der Waals surface area contributed by atoms with E-state index in [4.69, 9.17) is 0 Å². The lowest BCUT2D eigenvalue weighted by Gasteiger charge is -2.41. The highest BCUT2D eigenvalue weighted by Crippen LogP contribution is 2.47. The normalized spacial score (nSPS) is 39.9. The molecule has 0 aromatic heterocycles. The predicted molar refractivity (Wildman–Crippen MR) is 47.0 cm³/mol. The van der Waals surface area contributed by atoms with Gasteiger partial charge in [-0.05, 0) is 20.0 Å². The van der Waals surface area contributed by atoms with Gasteiger partial charge in [-0.1, -0.05) is 0 Å². The van der Waals surface area contributed by atoms with Crippen molar-refractivity contribution in [2.75, 3.05) is 33.2 Å². The van der Waals surface area contributed by atoms with Gasteiger partial charge < -0.3 is 10.2 Å². The van der Waals surface area contributed by atoms with Crippen LogP contribution in [0, 0.1) is 5.41 Å². The van der Waals surface area contributed by atoms with Crippen molar-refractivity contribution in [3.05, 3.63) is 0 Å². The van der Waals surface area contributed by atoms with E-state index in [1.54, 1.807) is 0 Å². The molecule has 4 heteroatoms. The van der Waals surface area contributed by atoms with Crippen molar-refractivity contribution in [3.63, 3.8) is 0 Å². The summed E-state index contributed by atoms with van der Waals surface area (Å²) in [7, 11) is 1.92. The molecule has 0 unspecified atom stereocenters. The van der Waals surface area contributed by atoms with E-state index in [-0.39, 0.29) is 6.42 Å². The smallest absolute Gasteiger partial charge is 0.257 e. The van der Waals surface area contributed by atoms with Crippen LogP contribution in [0.25, 0.3) is 0 Å². The Morgan fingerprint density at radius 1 is 1.31 bits per heavy atom. The molecule has 0 aliphatic carbocycles. The topological polar surface area (TPSA) is 15.3 Å². The maximum Gasteiger partial charge on any atom is 0.257 e. The fourth-order valence-electron chi connectivity index (χ4n) is 2.49. The quantitative estimate of drug-likeness (QED) is 0.611. The van der Waals surface area contributed by atoms with E-state index in [9.17, 15) is 8.78 Å². The van der Waals surface area contributed by atoms with Crippen molar-refractivity contribution in [1.29, 1.82) is 0 Å². The molecule has 1 N–H and O–H groups in total. The van der Waals surface area contributed by atoms with Gasteiger partial charge in [-0.25, -0.2) is 8.78 Å². The summed E-state index contributed by atoms with van der Waals surface area (Å²) < 4.78 is 27.3. The Balaban J connectivity index is 2.19. The SMILES string of the molecule is CN1CC[C@]2(CNCCC2(F)F)C1. The number of nitrogens with zero attached hydrogens (tertiary/aromatic N) is 1. The molecule has 0 radical (unpaired) electrons. The second kappa shape index (κ2) is 2.89. The van der Waals surface area contributed by atoms with Crippen LogP contribution in [-0.4, -0.2) is 44.0 Å². The first kappa shape index (κ1) is 9.34. The van der Waals surface area contributed by atoms with Crippen molar-refractivity contribution < 1.29 is 8.78 Å². The van der Waals surface area contributed by atoms with Gasteiger partial charge in [0.25, 0.3) is 5.92 Å². The number of hydrogen-bond donors (Lipinski definition) is 1. The van der Waals surface area contributed by atoms with Crippen molar-refractivity contribution in [1.82, 2.24) is 10.2 Å². The van der Waals surface area contributed by atoms with Crippen LogP contribution >= 0.6 is 0 Å². The van der Waals surface area contributed by atoms with Crippen LogP contribution < -0.4 is 5.32 Å². The highest BCUT2D eigenvalue weighted by atomic mass is 19.3. The zero-order valence-corrected chi connectivity index (χ0v) is 7.95. The van der Waals surface area contributed by atoms with Crippen molar-refractivity contribution in [3.8, 4) is 0 Å². The molecule has 0 amide bonds. The van der Waals surface area contributed by atoms with Crippen LogP contribution in [0.5, 0.6) is 0 Å². The number of alkyl halides is 2. The molecule has 0 bridgehead atoms. The minimum atomic E-state index is -2.47. The van der Waals surface area contributed by atoms with Crippen molar-refractivity contribution in [2.24, 2.45) is 5.41 Å². The van der Waals surface area contributed by atoms with E-state index < -0.39 is 11.3 Å². The summed E-state index contributed by atoms with van der Waals surface area (Å²) >= 11 is 0. The van der Waals surface area contributed by atoms with Crippen molar-refractivity contribution in [2.45, 2.75) is 18.8 Å². The second-order valence-corrected chi connectivity index (χ2v) is 4.40. The lowest BCUT2D eigenvalue weighted by molar-refractivity contribution is -0.134. The van der Waals surface area contributed by atoms with Gasteiger partial charge in [-0.15, -0.1) is 0 Å². The first-order chi connectivity index (χ1) is 6.06. The Bertz CT molecular complexity index is 204. The summed E-state index contributed by atoms with van der Waals surface area (Å²) in [4.78, 5) is 2.00. The average molecular weight is 190 g/mol. The molecule has 2 heterocycles. The molecule has 2 aliphatic rings. The van der Waals surface area contributed by atoms with E-state index in [0.29, 0.717) is 26.1 Å². The summed E-state index contributed by atoms with van der Waals surface area (Å²) in [5.41, 5.74) is -0.778. The number of hydrogen-bond acceptors (Lipinski definition) is 2. The largest absolute Gasteiger partial charge is 0.316 e. The number of halogens is 2. The minimum absolute atomic E-state index is 0.000833. The minimum Gasteiger partial charge on any atom is -0.316 e. The van der Waals surface area contributed by atoms with Gasteiger partial charge in [0, 0.05) is 26.1 Å². The Kier molecular flexibility index (Phi) is 2.07. The van der Waals surface area contributed by atoms with Gasteiger partial charge in [0.05, 0.1) is 5.41 Å². The first-order valence-corrected chi connectivity index (χ1v) is 4.83. The molecule has 1 spiro atoms. The van der Waals surface area contributed by atoms with Gasteiger partial charge in [0.15, 0.2) is 0 Å². The molecule has 0 saturated carbocycles. The molecular weight excluding hydrogens is 174 g/mol. The molecule has 1 atom stereocenters. The molecule has 2 nitrogen and oxygen atoms in total. The number of piperidine rings is 1. The van der Waals surface area contributed by atoms with Gasteiger partial charge >= 0.3 is 0 Å². The monoisotopic (exact) mass is 190 g/mol. The molecule has 13 heavy (non-hydrogen) atoms. The predicted octanol–water partition coefficient (Wildman–Crippen LogP) is 0.937.